The van der Waals surface area contributed by atoms with E-state index in [1.165, 1.54) is 10.5 Å². The first kappa shape index (κ1) is 15.5. The van der Waals surface area contributed by atoms with Crippen molar-refractivity contribution in [3.63, 3.8) is 0 Å². The largest absolute Gasteiger partial charge is 0.468 e. The van der Waals surface area contributed by atoms with E-state index in [9.17, 15) is 0 Å². The highest BCUT2D eigenvalue weighted by molar-refractivity contribution is 7.99. The van der Waals surface area contributed by atoms with E-state index >= 15 is 0 Å². The molecular weight excluding hydrogens is 290 g/mol. The van der Waals surface area contributed by atoms with Gasteiger partial charge < -0.3 is 9.73 Å². The van der Waals surface area contributed by atoms with Gasteiger partial charge in [0.15, 0.2) is 0 Å². The summed E-state index contributed by atoms with van der Waals surface area (Å²) in [6.07, 6.45) is 1.72. The number of benzene rings is 1. The van der Waals surface area contributed by atoms with Gasteiger partial charge in [0.2, 0.25) is 0 Å². The maximum Gasteiger partial charge on any atom is 0.114 e. The lowest BCUT2D eigenvalue weighted by atomic mass is 10.2. The van der Waals surface area contributed by atoms with Crippen molar-refractivity contribution in [1.29, 1.82) is 0 Å². The summed E-state index contributed by atoms with van der Waals surface area (Å²) >= 11 is 7.83. The third kappa shape index (κ3) is 4.30. The van der Waals surface area contributed by atoms with Crippen LogP contribution in [0.5, 0.6) is 0 Å². The first-order valence-electron chi connectivity index (χ1n) is 6.77. The number of halogens is 1. The average molecular weight is 310 g/mol. The van der Waals surface area contributed by atoms with E-state index in [4.69, 9.17) is 16.0 Å². The molecule has 0 radical (unpaired) electrons. The fourth-order valence-electron chi connectivity index (χ4n) is 1.86. The van der Waals surface area contributed by atoms with Gasteiger partial charge in [-0.2, -0.15) is 0 Å². The Labute approximate surface area is 129 Å². The molecule has 2 rings (SSSR count). The van der Waals surface area contributed by atoms with Gasteiger partial charge in [0.1, 0.15) is 5.76 Å². The van der Waals surface area contributed by atoms with Gasteiger partial charge in [-0.05, 0) is 43.1 Å². The summed E-state index contributed by atoms with van der Waals surface area (Å²) in [4.78, 5) is 2.32. The number of aryl methyl sites for hydroxylation is 1. The highest BCUT2D eigenvalue weighted by Gasteiger charge is 2.09. The van der Waals surface area contributed by atoms with Crippen molar-refractivity contribution in [2.45, 2.75) is 37.1 Å². The van der Waals surface area contributed by atoms with Gasteiger partial charge in [0.25, 0.3) is 0 Å². The fourth-order valence-corrected chi connectivity index (χ4v) is 3.11. The minimum absolute atomic E-state index is 0.648. The zero-order valence-corrected chi connectivity index (χ0v) is 13.6. The molecule has 0 spiro atoms. The van der Waals surface area contributed by atoms with Crippen molar-refractivity contribution in [3.05, 3.63) is 46.9 Å². The molecular formula is C16H20ClNOS. The maximum absolute atomic E-state index is 6.12. The van der Waals surface area contributed by atoms with Crippen LogP contribution in [0.15, 0.2) is 44.7 Å². The molecule has 1 N–H and O–H groups in total. The first-order valence-corrected chi connectivity index (χ1v) is 7.97. The second-order valence-electron chi connectivity index (χ2n) is 5.22. The molecule has 20 heavy (non-hydrogen) atoms. The van der Waals surface area contributed by atoms with E-state index in [0.29, 0.717) is 5.92 Å². The van der Waals surface area contributed by atoms with Crippen LogP contribution in [0.3, 0.4) is 0 Å². The average Bonchev–Trinajstić information content (AvgIpc) is 2.77. The number of hydrogen-bond acceptors (Lipinski definition) is 3. The predicted octanol–water partition coefficient (Wildman–Crippen LogP) is 5.14. The molecule has 0 saturated heterocycles. The minimum atomic E-state index is 0.648. The summed E-state index contributed by atoms with van der Waals surface area (Å²) in [6, 6.07) is 8.05. The van der Waals surface area contributed by atoms with Crippen molar-refractivity contribution in [1.82, 2.24) is 5.32 Å². The first-order chi connectivity index (χ1) is 9.56. The molecule has 0 atom stereocenters. The van der Waals surface area contributed by atoms with E-state index in [-0.39, 0.29) is 0 Å². The summed E-state index contributed by atoms with van der Waals surface area (Å²) in [6.45, 7) is 8.26. The Bertz CT molecular complexity index is 565. The second kappa shape index (κ2) is 7.21. The monoisotopic (exact) mass is 309 g/mol. The van der Waals surface area contributed by atoms with Crippen molar-refractivity contribution >= 4 is 23.4 Å². The van der Waals surface area contributed by atoms with Gasteiger partial charge in [-0.25, -0.2) is 0 Å². The quantitative estimate of drug-likeness (QED) is 0.800. The number of nitrogens with one attached hydrogen (secondary N) is 1. The summed E-state index contributed by atoms with van der Waals surface area (Å²) < 4.78 is 5.35. The Morgan fingerprint density at radius 3 is 2.70 bits per heavy atom. The molecule has 2 nitrogen and oxygen atoms in total. The van der Waals surface area contributed by atoms with Crippen LogP contribution in [0.2, 0.25) is 5.02 Å². The molecule has 0 bridgehead atoms. The van der Waals surface area contributed by atoms with Crippen molar-refractivity contribution in [3.8, 4) is 0 Å². The molecule has 0 aliphatic heterocycles. The van der Waals surface area contributed by atoms with Gasteiger partial charge in [-0.3, -0.25) is 0 Å². The second-order valence-corrected chi connectivity index (χ2v) is 6.74. The van der Waals surface area contributed by atoms with Gasteiger partial charge in [-0.15, -0.1) is 0 Å². The molecule has 0 aliphatic carbocycles. The molecule has 0 aliphatic rings. The lowest BCUT2D eigenvalue weighted by molar-refractivity contribution is 0.527. The summed E-state index contributed by atoms with van der Waals surface area (Å²) in [5.74, 6) is 1.59. The molecule has 0 fully saturated rings. The maximum atomic E-state index is 6.12. The highest BCUT2D eigenvalue weighted by atomic mass is 35.5. The van der Waals surface area contributed by atoms with Gasteiger partial charge in [-0.1, -0.05) is 43.3 Å². The normalized spacial score (nSPS) is 11.2. The number of rotatable bonds is 6. The van der Waals surface area contributed by atoms with Crippen molar-refractivity contribution < 1.29 is 4.42 Å². The van der Waals surface area contributed by atoms with E-state index in [1.807, 2.05) is 25.1 Å². The third-order valence-corrected chi connectivity index (χ3v) is 4.41. The topological polar surface area (TPSA) is 25.2 Å². The molecule has 4 heteroatoms. The van der Waals surface area contributed by atoms with Crippen LogP contribution in [0, 0.1) is 12.8 Å². The zero-order valence-electron chi connectivity index (χ0n) is 12.1. The number of hydrogen-bond donors (Lipinski definition) is 1. The SMILES string of the molecule is Cc1occc1Sc1cc(Cl)ccc1CNCC(C)C. The van der Waals surface area contributed by atoms with Crippen LogP contribution >= 0.6 is 23.4 Å². The summed E-state index contributed by atoms with van der Waals surface area (Å²) in [7, 11) is 0. The smallest absolute Gasteiger partial charge is 0.114 e. The Balaban J connectivity index is 2.13. The van der Waals surface area contributed by atoms with Crippen LogP contribution in [-0.2, 0) is 6.54 Å². The van der Waals surface area contributed by atoms with E-state index in [0.717, 1.165) is 28.8 Å². The van der Waals surface area contributed by atoms with E-state index in [2.05, 4.69) is 25.2 Å². The van der Waals surface area contributed by atoms with Crippen LogP contribution in [-0.4, -0.2) is 6.54 Å². The van der Waals surface area contributed by atoms with Gasteiger partial charge >= 0.3 is 0 Å². The summed E-state index contributed by atoms with van der Waals surface area (Å²) in [5.41, 5.74) is 1.26. The Kier molecular flexibility index (Phi) is 5.58. The van der Waals surface area contributed by atoms with Crippen molar-refractivity contribution in [2.24, 2.45) is 5.92 Å². The lowest BCUT2D eigenvalue weighted by Gasteiger charge is -2.12. The molecule has 1 aromatic carbocycles. The van der Waals surface area contributed by atoms with E-state index in [1.54, 1.807) is 18.0 Å². The zero-order chi connectivity index (χ0) is 14.5. The lowest BCUT2D eigenvalue weighted by Crippen LogP contribution is -2.19. The molecule has 1 heterocycles. The van der Waals surface area contributed by atoms with E-state index < -0.39 is 0 Å². The fraction of sp³-hybridized carbons (Fsp3) is 0.375. The van der Waals surface area contributed by atoms with Crippen molar-refractivity contribution in [2.75, 3.05) is 6.54 Å². The minimum Gasteiger partial charge on any atom is -0.468 e. The third-order valence-electron chi connectivity index (χ3n) is 2.93. The van der Waals surface area contributed by atoms with Crippen LogP contribution < -0.4 is 5.32 Å². The molecule has 0 unspecified atom stereocenters. The van der Waals surface area contributed by atoms with Crippen LogP contribution in [0.1, 0.15) is 25.2 Å². The highest BCUT2D eigenvalue weighted by Crippen LogP contribution is 2.34. The molecule has 0 saturated carbocycles. The molecule has 1 aromatic heterocycles. The number of furan rings is 1. The standard InChI is InChI=1S/C16H20ClNOS/c1-11(2)9-18-10-13-4-5-14(17)8-16(13)20-15-6-7-19-12(15)3/h4-8,11,18H,9-10H2,1-3H3. The Hall–Kier alpha value is -0.900. The molecule has 108 valence electrons. The molecule has 0 amide bonds. The van der Waals surface area contributed by atoms with Crippen LogP contribution in [0.25, 0.3) is 0 Å². The van der Waals surface area contributed by atoms with Gasteiger partial charge in [0.05, 0.1) is 11.2 Å². The van der Waals surface area contributed by atoms with Crippen LogP contribution in [0.4, 0.5) is 0 Å². The predicted molar refractivity (Wildman–Crippen MR) is 85.6 cm³/mol. The summed E-state index contributed by atoms with van der Waals surface area (Å²) in [5, 5.41) is 4.24. The molecule has 2 aromatic rings. The van der Waals surface area contributed by atoms with Gasteiger partial charge in [0, 0.05) is 16.5 Å². The Morgan fingerprint density at radius 1 is 1.25 bits per heavy atom. The Morgan fingerprint density at radius 2 is 2.05 bits per heavy atom.